The Labute approximate surface area is 319 Å². The number of phenolic OH excluding ortho intramolecular Hbond substituents is 1. The van der Waals surface area contributed by atoms with Crippen molar-refractivity contribution < 1.29 is 32.8 Å². The lowest BCUT2D eigenvalue weighted by Gasteiger charge is -2.53. The van der Waals surface area contributed by atoms with Gasteiger partial charge < -0.3 is 29.0 Å². The molecule has 2 aromatic carbocycles. The molecule has 4 aromatic rings. The first-order valence-electron chi connectivity index (χ1n) is 20.0. The molecule has 10 nitrogen and oxygen atoms in total. The summed E-state index contributed by atoms with van der Waals surface area (Å²) in [6, 6.07) is 6.64. The van der Waals surface area contributed by atoms with Crippen molar-refractivity contribution in [2.75, 3.05) is 58.1 Å². The van der Waals surface area contributed by atoms with Gasteiger partial charge in [0.25, 0.3) is 0 Å². The molecule has 1 N–H and O–H groups in total. The second-order valence-electron chi connectivity index (χ2n) is 17.1. The van der Waals surface area contributed by atoms with E-state index in [-0.39, 0.29) is 56.9 Å². The summed E-state index contributed by atoms with van der Waals surface area (Å²) in [5.41, 5.74) is 0.234. The molecule has 0 amide bonds. The number of methoxy groups -OCH3 is 1. The van der Waals surface area contributed by atoms with Gasteiger partial charge in [0.05, 0.1) is 45.2 Å². The summed E-state index contributed by atoms with van der Waals surface area (Å²) in [6.07, 6.45) is 17.3. The number of terminal acetylenes is 1. The molecule has 1 spiro atoms. The monoisotopic (exact) mass is 751 g/mol. The van der Waals surface area contributed by atoms with Gasteiger partial charge in [0, 0.05) is 52.9 Å². The largest absolute Gasteiger partial charge is 0.508 e. The van der Waals surface area contributed by atoms with Crippen LogP contribution in [0.15, 0.2) is 24.3 Å². The maximum absolute atomic E-state index is 17.4. The molecule has 2 aliphatic carbocycles. The van der Waals surface area contributed by atoms with Crippen LogP contribution >= 0.6 is 0 Å². The van der Waals surface area contributed by atoms with Crippen molar-refractivity contribution in [3.63, 3.8) is 0 Å². The molecular weight excluding hydrogens is 704 g/mol. The molecule has 6 heterocycles. The van der Waals surface area contributed by atoms with Crippen molar-refractivity contribution in [2.24, 2.45) is 16.7 Å². The zero-order chi connectivity index (χ0) is 37.5. The fourth-order valence-corrected chi connectivity index (χ4v) is 11.1. The third kappa shape index (κ3) is 5.79. The van der Waals surface area contributed by atoms with Crippen LogP contribution in [0.3, 0.4) is 0 Å². The van der Waals surface area contributed by atoms with Gasteiger partial charge in [-0.2, -0.15) is 9.97 Å². The van der Waals surface area contributed by atoms with Crippen molar-refractivity contribution in [1.29, 1.82) is 0 Å². The minimum absolute atomic E-state index is 0.0299. The minimum atomic E-state index is -0.771. The van der Waals surface area contributed by atoms with Crippen molar-refractivity contribution in [2.45, 2.75) is 82.4 Å². The highest BCUT2D eigenvalue weighted by Gasteiger charge is 2.52. The molecule has 2 bridgehead atoms. The number of nitrogens with zero attached hydrogens (tertiary/aromatic N) is 5. The van der Waals surface area contributed by atoms with Crippen LogP contribution in [0.25, 0.3) is 32.9 Å². The van der Waals surface area contributed by atoms with Crippen molar-refractivity contribution >= 4 is 27.5 Å². The Hall–Kier alpha value is -4.31. The van der Waals surface area contributed by atoms with Crippen LogP contribution < -0.4 is 14.4 Å². The van der Waals surface area contributed by atoms with Crippen LogP contribution in [0, 0.1) is 40.7 Å². The van der Waals surface area contributed by atoms with Crippen LogP contribution in [0.2, 0.25) is 0 Å². The van der Waals surface area contributed by atoms with Crippen LogP contribution in [-0.2, 0) is 9.47 Å². The first kappa shape index (κ1) is 35.1. The van der Waals surface area contributed by atoms with E-state index in [0.29, 0.717) is 66.3 Å². The number of anilines is 1. The summed E-state index contributed by atoms with van der Waals surface area (Å²) in [5.74, 6) is 1.75. The molecule has 4 aliphatic heterocycles. The number of rotatable bonds is 7. The van der Waals surface area contributed by atoms with Gasteiger partial charge in [0.1, 0.15) is 34.0 Å². The fraction of sp³-hybridized carbons (Fsp3) is 0.558. The number of benzene rings is 2. The number of pyridine rings is 1. The highest BCUT2D eigenvalue weighted by atomic mass is 19.1. The van der Waals surface area contributed by atoms with Gasteiger partial charge in [-0.25, -0.2) is 13.8 Å². The molecule has 4 atom stereocenters. The zero-order valence-electron chi connectivity index (χ0n) is 31.3. The Morgan fingerprint density at radius 1 is 1.02 bits per heavy atom. The molecule has 10 rings (SSSR count). The maximum atomic E-state index is 17.4. The smallest absolute Gasteiger partial charge is 0.319 e. The second-order valence-corrected chi connectivity index (χ2v) is 17.1. The molecule has 6 fully saturated rings. The Kier molecular flexibility index (Phi) is 8.57. The average molecular weight is 752 g/mol. The second kappa shape index (κ2) is 13.4. The van der Waals surface area contributed by atoms with Gasteiger partial charge in [0.15, 0.2) is 5.82 Å². The van der Waals surface area contributed by atoms with E-state index in [0.717, 1.165) is 58.3 Å². The van der Waals surface area contributed by atoms with Gasteiger partial charge in [-0.3, -0.25) is 4.90 Å². The molecule has 55 heavy (non-hydrogen) atoms. The molecule has 6 aliphatic rings. The quantitative estimate of drug-likeness (QED) is 0.199. The third-order valence-electron chi connectivity index (χ3n) is 13.9. The lowest BCUT2D eigenvalue weighted by Crippen LogP contribution is -2.57. The minimum Gasteiger partial charge on any atom is -0.508 e. The summed E-state index contributed by atoms with van der Waals surface area (Å²) in [5, 5.41) is 11.8. The number of aromatic nitrogens is 3. The number of hydrogen-bond donors (Lipinski definition) is 1. The van der Waals surface area contributed by atoms with Gasteiger partial charge in [0.2, 0.25) is 5.88 Å². The van der Waals surface area contributed by atoms with E-state index in [9.17, 15) is 5.11 Å². The molecule has 288 valence electrons. The molecule has 2 aromatic heterocycles. The molecule has 2 saturated carbocycles. The number of phenols is 1. The van der Waals surface area contributed by atoms with E-state index in [1.54, 1.807) is 0 Å². The standard InChI is InChI=1S/C43H47F2N5O5/c1-3-30-32(44)8-7-26-17-28(51)18-31(34(26)30)37-36(45)38-35(40(46-37)52-2)39(49-19-25-16-29(20-49)54-21-25)48-41(47-38)55-24-43-11-4-6-33(43)50(15-5-12-43)27-9-13-42(14-10-27)22-53-23-42/h1,7-8,17-18,25,27,29,33,51H,4-6,9-16,19-24H2,2H3/t25?,29?,33-,43-/m1/s1. The average Bonchev–Trinajstić information content (AvgIpc) is 3.78. The Morgan fingerprint density at radius 3 is 2.62 bits per heavy atom. The number of likely N-dealkylation sites (tertiary alicyclic amines) is 1. The lowest BCUT2D eigenvalue weighted by molar-refractivity contribution is -0.143. The predicted molar refractivity (Wildman–Crippen MR) is 203 cm³/mol. The van der Waals surface area contributed by atoms with Gasteiger partial charge in [-0.05, 0) is 87.9 Å². The fourth-order valence-electron chi connectivity index (χ4n) is 11.1. The third-order valence-corrected chi connectivity index (χ3v) is 13.9. The predicted octanol–water partition coefficient (Wildman–Crippen LogP) is 7.02. The molecular formula is C43H47F2N5O5. The molecule has 12 heteroatoms. The van der Waals surface area contributed by atoms with Crippen LogP contribution in [0.1, 0.15) is 69.8 Å². The molecule has 4 saturated heterocycles. The Balaban J connectivity index is 1.05. The summed E-state index contributed by atoms with van der Waals surface area (Å²) >= 11 is 0. The SMILES string of the molecule is C#Cc1c(F)ccc2cc(O)cc(-c3nc(OC)c4c(N5CC6COC(C6)C5)nc(OC[C@]56CCC[C@H]5N(C5CCC7(CC5)COC7)CCC6)nc4c3F)c12. The van der Waals surface area contributed by atoms with E-state index in [2.05, 4.69) is 20.7 Å². The van der Waals surface area contributed by atoms with Crippen molar-refractivity contribution in [3.8, 4) is 41.2 Å². The van der Waals surface area contributed by atoms with E-state index in [1.807, 2.05) is 0 Å². The van der Waals surface area contributed by atoms with Gasteiger partial charge in [-0.15, -0.1) is 6.42 Å². The molecule has 0 radical (unpaired) electrons. The first-order chi connectivity index (χ1) is 26.8. The number of hydrogen-bond acceptors (Lipinski definition) is 10. The van der Waals surface area contributed by atoms with E-state index < -0.39 is 11.6 Å². The Morgan fingerprint density at radius 2 is 1.85 bits per heavy atom. The van der Waals surface area contributed by atoms with Crippen molar-refractivity contribution in [3.05, 3.63) is 41.5 Å². The summed E-state index contributed by atoms with van der Waals surface area (Å²) in [4.78, 5) is 19.4. The van der Waals surface area contributed by atoms with E-state index >= 15 is 8.78 Å². The summed E-state index contributed by atoms with van der Waals surface area (Å²) < 4.78 is 56.7. The van der Waals surface area contributed by atoms with E-state index in [4.69, 9.17) is 35.3 Å². The van der Waals surface area contributed by atoms with Gasteiger partial charge in [-0.1, -0.05) is 18.4 Å². The number of piperidine rings is 2. The highest BCUT2D eigenvalue weighted by molar-refractivity contribution is 6.04. The van der Waals surface area contributed by atoms with Crippen LogP contribution in [-0.4, -0.2) is 96.3 Å². The number of aromatic hydroxyl groups is 1. The summed E-state index contributed by atoms with van der Waals surface area (Å²) in [7, 11) is 1.47. The van der Waals surface area contributed by atoms with Crippen LogP contribution in [0.5, 0.6) is 17.6 Å². The normalized spacial score (nSPS) is 27.7. The highest BCUT2D eigenvalue weighted by Crippen LogP contribution is 2.52. The first-order valence-corrected chi connectivity index (χ1v) is 20.0. The summed E-state index contributed by atoms with van der Waals surface area (Å²) in [6.45, 7) is 5.30. The van der Waals surface area contributed by atoms with E-state index in [1.165, 1.54) is 57.1 Å². The zero-order valence-corrected chi connectivity index (χ0v) is 31.3. The van der Waals surface area contributed by atoms with Crippen molar-refractivity contribution in [1.82, 2.24) is 19.9 Å². The van der Waals surface area contributed by atoms with Crippen LogP contribution in [0.4, 0.5) is 14.6 Å². The molecule has 2 unspecified atom stereocenters. The number of fused-ring (bicyclic) bond motifs is 5. The topological polar surface area (TPSA) is 102 Å². The Bertz CT molecular complexity index is 2200. The lowest BCUT2D eigenvalue weighted by atomic mass is 9.69. The maximum Gasteiger partial charge on any atom is 0.319 e. The number of halogens is 2. The van der Waals surface area contributed by atoms with Gasteiger partial charge >= 0.3 is 6.01 Å². The number of ether oxygens (including phenoxy) is 4.